The Morgan fingerprint density at radius 1 is 0.935 bits per heavy atom. The number of sulfonamides is 1. The van der Waals surface area contributed by atoms with E-state index in [-0.39, 0.29) is 5.78 Å². The summed E-state index contributed by atoms with van der Waals surface area (Å²) < 4.78 is 33.2. The van der Waals surface area contributed by atoms with Crippen LogP contribution in [-0.2, 0) is 10.0 Å². The zero-order valence-corrected chi connectivity index (χ0v) is 19.1. The highest BCUT2D eigenvalue weighted by Crippen LogP contribution is 2.23. The van der Waals surface area contributed by atoms with Gasteiger partial charge >= 0.3 is 0 Å². The molecular formula is C23H21BrN2O4S. The van der Waals surface area contributed by atoms with Crippen molar-refractivity contribution in [2.24, 2.45) is 0 Å². The number of hydrogen-bond donors (Lipinski definition) is 0. The molecule has 2 aromatic carbocycles. The number of anilines is 1. The first-order valence-corrected chi connectivity index (χ1v) is 12.0. The first kappa shape index (κ1) is 21.5. The highest BCUT2D eigenvalue weighted by Gasteiger charge is 2.28. The van der Waals surface area contributed by atoms with Gasteiger partial charge in [-0.15, -0.1) is 0 Å². The number of allylic oxidation sites excluding steroid dienone is 1. The third-order valence-corrected chi connectivity index (χ3v) is 7.59. The summed E-state index contributed by atoms with van der Waals surface area (Å²) in [6.07, 6.45) is 4.68. The summed E-state index contributed by atoms with van der Waals surface area (Å²) in [6.45, 7) is 1.98. The number of benzene rings is 2. The lowest BCUT2D eigenvalue weighted by atomic mass is 10.1. The van der Waals surface area contributed by atoms with E-state index in [9.17, 15) is 13.2 Å². The van der Waals surface area contributed by atoms with Gasteiger partial charge in [-0.05, 0) is 72.8 Å². The van der Waals surface area contributed by atoms with Crippen LogP contribution in [0.4, 0.5) is 5.69 Å². The molecule has 4 rings (SSSR count). The Morgan fingerprint density at radius 3 is 2.23 bits per heavy atom. The van der Waals surface area contributed by atoms with Gasteiger partial charge in [0.25, 0.3) is 0 Å². The molecule has 3 aromatic rings. The van der Waals surface area contributed by atoms with Gasteiger partial charge in [-0.1, -0.05) is 15.9 Å². The van der Waals surface area contributed by atoms with Crippen LogP contribution in [0.3, 0.4) is 0 Å². The summed E-state index contributed by atoms with van der Waals surface area (Å²) >= 11 is 3.33. The number of nitrogens with zero attached hydrogens (tertiary/aromatic N) is 2. The van der Waals surface area contributed by atoms with E-state index >= 15 is 0 Å². The Kier molecular flexibility index (Phi) is 6.41. The molecule has 31 heavy (non-hydrogen) atoms. The van der Waals surface area contributed by atoms with Gasteiger partial charge in [0, 0.05) is 41.9 Å². The van der Waals surface area contributed by atoms with E-state index in [1.807, 2.05) is 12.1 Å². The van der Waals surface area contributed by atoms with Gasteiger partial charge in [0.15, 0.2) is 5.78 Å². The lowest BCUT2D eigenvalue weighted by molar-refractivity contribution is 0.104. The molecule has 0 N–H and O–H groups in total. The van der Waals surface area contributed by atoms with E-state index in [0.29, 0.717) is 42.4 Å². The van der Waals surface area contributed by atoms with Gasteiger partial charge in [-0.2, -0.15) is 4.31 Å². The molecule has 1 aliphatic rings. The summed E-state index contributed by atoms with van der Waals surface area (Å²) in [6, 6.07) is 17.6. The number of piperazine rings is 1. The molecule has 2 heterocycles. The van der Waals surface area contributed by atoms with Crippen LogP contribution in [0.25, 0.3) is 6.08 Å². The maximum Gasteiger partial charge on any atom is 0.243 e. The Hall–Kier alpha value is -2.68. The van der Waals surface area contributed by atoms with Gasteiger partial charge in [-0.25, -0.2) is 8.42 Å². The second-order valence-corrected chi connectivity index (χ2v) is 9.96. The van der Waals surface area contributed by atoms with Gasteiger partial charge in [0.2, 0.25) is 10.0 Å². The molecule has 0 atom stereocenters. The maximum atomic E-state index is 12.8. The molecule has 0 saturated carbocycles. The summed E-state index contributed by atoms with van der Waals surface area (Å²) in [7, 11) is -3.50. The molecule has 0 radical (unpaired) electrons. The van der Waals surface area contributed by atoms with Crippen molar-refractivity contribution in [1.29, 1.82) is 0 Å². The topological polar surface area (TPSA) is 70.8 Å². The SMILES string of the molecule is O=C(C=Cc1ccco1)c1ccc(N2CCN(S(=O)(=O)c3ccc(Br)cc3)CC2)cc1. The van der Waals surface area contributed by atoms with Gasteiger partial charge in [0.05, 0.1) is 11.2 Å². The van der Waals surface area contributed by atoms with Crippen LogP contribution in [0.15, 0.2) is 86.8 Å². The van der Waals surface area contributed by atoms with E-state index in [1.165, 1.54) is 10.4 Å². The predicted octanol–water partition coefficient (Wildman–Crippen LogP) is 4.45. The number of hydrogen-bond acceptors (Lipinski definition) is 5. The average Bonchev–Trinajstić information content (AvgIpc) is 3.32. The number of ketones is 1. The lowest BCUT2D eigenvalue weighted by Gasteiger charge is -2.35. The summed E-state index contributed by atoms with van der Waals surface area (Å²) in [5.74, 6) is 0.522. The molecule has 0 spiro atoms. The van der Waals surface area contributed by atoms with Crippen LogP contribution in [0.2, 0.25) is 0 Å². The minimum absolute atomic E-state index is 0.103. The van der Waals surface area contributed by atoms with Crippen molar-refractivity contribution in [2.45, 2.75) is 4.90 Å². The van der Waals surface area contributed by atoms with Gasteiger partial charge in [0.1, 0.15) is 5.76 Å². The molecule has 0 aliphatic carbocycles. The molecule has 1 saturated heterocycles. The second kappa shape index (κ2) is 9.21. The van der Waals surface area contributed by atoms with E-state index in [0.717, 1.165) is 10.2 Å². The second-order valence-electron chi connectivity index (χ2n) is 7.10. The zero-order chi connectivity index (χ0) is 21.8. The van der Waals surface area contributed by atoms with Crippen LogP contribution in [0.5, 0.6) is 0 Å². The van der Waals surface area contributed by atoms with E-state index in [1.54, 1.807) is 60.9 Å². The van der Waals surface area contributed by atoms with Crippen molar-refractivity contribution >= 4 is 43.5 Å². The van der Waals surface area contributed by atoms with Crippen molar-refractivity contribution in [2.75, 3.05) is 31.1 Å². The van der Waals surface area contributed by atoms with Crippen LogP contribution in [-0.4, -0.2) is 44.7 Å². The molecule has 0 bridgehead atoms. The summed E-state index contributed by atoms with van der Waals surface area (Å²) in [4.78, 5) is 14.7. The molecule has 0 amide bonds. The third-order valence-electron chi connectivity index (χ3n) is 5.15. The van der Waals surface area contributed by atoms with Crippen molar-refractivity contribution in [3.63, 3.8) is 0 Å². The highest BCUT2D eigenvalue weighted by atomic mass is 79.9. The Labute approximate surface area is 190 Å². The Morgan fingerprint density at radius 2 is 1.61 bits per heavy atom. The predicted molar refractivity (Wildman–Crippen MR) is 124 cm³/mol. The molecule has 6 nitrogen and oxygen atoms in total. The molecule has 160 valence electrons. The summed E-state index contributed by atoms with van der Waals surface area (Å²) in [5.41, 5.74) is 1.55. The Bertz CT molecular complexity index is 1160. The third kappa shape index (κ3) is 4.98. The first-order chi connectivity index (χ1) is 14.9. The van der Waals surface area contributed by atoms with Crippen LogP contribution in [0.1, 0.15) is 16.1 Å². The number of carbonyl (C=O) groups is 1. The summed E-state index contributed by atoms with van der Waals surface area (Å²) in [5, 5.41) is 0. The normalized spacial score (nSPS) is 15.5. The highest BCUT2D eigenvalue weighted by molar-refractivity contribution is 9.10. The number of furan rings is 1. The van der Waals surface area contributed by atoms with Crippen LogP contribution in [0, 0.1) is 0 Å². The van der Waals surface area contributed by atoms with E-state index in [4.69, 9.17) is 4.42 Å². The minimum Gasteiger partial charge on any atom is -0.465 e. The monoisotopic (exact) mass is 500 g/mol. The van der Waals surface area contributed by atoms with Crippen molar-refractivity contribution in [1.82, 2.24) is 4.31 Å². The fraction of sp³-hybridized carbons (Fsp3) is 0.174. The first-order valence-electron chi connectivity index (χ1n) is 9.80. The standard InChI is InChI=1S/C23H21BrN2O4S/c24-19-5-10-22(11-6-19)31(28,29)26-15-13-25(14-16-26)20-7-3-18(4-8-20)23(27)12-9-21-2-1-17-30-21/h1-12,17H,13-16H2. The van der Waals surface area contributed by atoms with Gasteiger partial charge in [-0.3, -0.25) is 4.79 Å². The number of carbonyl (C=O) groups excluding carboxylic acids is 1. The lowest BCUT2D eigenvalue weighted by Crippen LogP contribution is -2.48. The molecule has 1 aromatic heterocycles. The van der Waals surface area contributed by atoms with Crippen LogP contribution < -0.4 is 4.90 Å². The maximum absolute atomic E-state index is 12.8. The average molecular weight is 501 g/mol. The van der Waals surface area contributed by atoms with Crippen molar-refractivity contribution in [3.05, 3.63) is 88.8 Å². The molecule has 1 fully saturated rings. The fourth-order valence-corrected chi connectivity index (χ4v) is 5.11. The minimum atomic E-state index is -3.50. The van der Waals surface area contributed by atoms with Crippen LogP contribution >= 0.6 is 15.9 Å². The zero-order valence-electron chi connectivity index (χ0n) is 16.6. The Balaban J connectivity index is 1.37. The van der Waals surface area contributed by atoms with Crippen molar-refractivity contribution < 1.29 is 17.6 Å². The fourth-order valence-electron chi connectivity index (χ4n) is 3.42. The molecule has 1 aliphatic heterocycles. The molecule has 0 unspecified atom stereocenters. The quantitative estimate of drug-likeness (QED) is 0.369. The molecule has 8 heteroatoms. The number of halogens is 1. The molecular weight excluding hydrogens is 480 g/mol. The van der Waals surface area contributed by atoms with E-state index < -0.39 is 10.0 Å². The van der Waals surface area contributed by atoms with Gasteiger partial charge < -0.3 is 9.32 Å². The largest absolute Gasteiger partial charge is 0.465 e. The smallest absolute Gasteiger partial charge is 0.243 e. The van der Waals surface area contributed by atoms with E-state index in [2.05, 4.69) is 20.8 Å². The van der Waals surface area contributed by atoms with Crippen molar-refractivity contribution in [3.8, 4) is 0 Å². The number of rotatable bonds is 6.